The summed E-state index contributed by atoms with van der Waals surface area (Å²) in [4.78, 5) is 59.1. The van der Waals surface area contributed by atoms with E-state index in [1.807, 2.05) is 0 Å². The Kier molecular flexibility index (Phi) is 16.8. The molecule has 3 aromatic carbocycles. The van der Waals surface area contributed by atoms with Gasteiger partial charge >= 0.3 is 41.2 Å². The normalized spacial score (nSPS) is 24.4. The maximum Gasteiger partial charge on any atom is 0.402 e. The van der Waals surface area contributed by atoms with Crippen molar-refractivity contribution in [3.8, 4) is 57.3 Å². The number of esters is 3. The second-order valence-corrected chi connectivity index (χ2v) is 14.9. The Morgan fingerprint density at radius 2 is 1.22 bits per heavy atom. The van der Waals surface area contributed by atoms with Gasteiger partial charge in [0.1, 0.15) is 85.7 Å². The fourth-order valence-electron chi connectivity index (χ4n) is 6.66. The van der Waals surface area contributed by atoms with Crippen molar-refractivity contribution in [2.45, 2.75) is 74.3 Å². The molecule has 3 heterocycles. The van der Waals surface area contributed by atoms with Crippen molar-refractivity contribution >= 4 is 46.9 Å². The SMILES string of the molecule is O=C(O)CC(=O)OC[C@H]1O[C@@H](Oc2cc(O)cc3[o+]c(-c4cc(O)c(O)c(O)c4)c(O[C@@H]4O[C@H](COC(=O)/C=C/c5ccc(O)c(O)c5)[C@@H](O)[C@H](O)[C@H]4O)cc23)[C@H](O)[C@@H](O)[C@@H]1OC(=O)CC(=O)O.[Cl-]. The van der Waals surface area contributed by atoms with Crippen LogP contribution in [0.2, 0.25) is 0 Å². The highest BCUT2D eigenvalue weighted by Gasteiger charge is 2.50. The van der Waals surface area contributed by atoms with Crippen LogP contribution >= 0.6 is 0 Å². The van der Waals surface area contributed by atoms with E-state index in [2.05, 4.69) is 0 Å². The van der Waals surface area contributed by atoms with Crippen molar-refractivity contribution in [1.29, 1.82) is 0 Å². The highest BCUT2D eigenvalue weighted by atomic mass is 35.5. The predicted molar refractivity (Wildman–Crippen MR) is 216 cm³/mol. The minimum absolute atomic E-state index is 0. The maximum absolute atomic E-state index is 12.6. The number of halogens is 1. The number of phenols is 6. The van der Waals surface area contributed by atoms with E-state index in [1.165, 1.54) is 12.1 Å². The molecule has 10 atom stereocenters. The van der Waals surface area contributed by atoms with Crippen molar-refractivity contribution in [2.75, 3.05) is 13.2 Å². The van der Waals surface area contributed by atoms with Crippen LogP contribution in [0.15, 0.2) is 59.0 Å². The van der Waals surface area contributed by atoms with Gasteiger partial charge in [-0.05, 0) is 23.8 Å². The van der Waals surface area contributed by atoms with Gasteiger partial charge in [-0.25, -0.2) is 9.21 Å². The van der Waals surface area contributed by atoms with E-state index in [0.717, 1.165) is 48.5 Å². The molecule has 2 aliphatic heterocycles. The van der Waals surface area contributed by atoms with Crippen LogP contribution in [0.5, 0.6) is 46.0 Å². The summed E-state index contributed by atoms with van der Waals surface area (Å²) in [6.45, 7) is -1.73. The summed E-state index contributed by atoms with van der Waals surface area (Å²) in [6.07, 6.45) is -20.1. The van der Waals surface area contributed by atoms with Crippen molar-refractivity contribution in [3.05, 3.63) is 60.2 Å². The summed E-state index contributed by atoms with van der Waals surface area (Å²) >= 11 is 0. The average Bonchev–Trinajstić information content (AvgIpc) is 3.26. The third kappa shape index (κ3) is 12.6. The number of carbonyl (C=O) groups excluding carboxylic acids is 3. The van der Waals surface area contributed by atoms with Crippen molar-refractivity contribution in [3.63, 3.8) is 0 Å². The number of carbonyl (C=O) groups is 5. The van der Waals surface area contributed by atoms with E-state index in [9.17, 15) is 80.1 Å². The van der Waals surface area contributed by atoms with Crippen LogP contribution in [0.1, 0.15) is 18.4 Å². The van der Waals surface area contributed by atoms with Gasteiger partial charge < -0.3 is 112 Å². The zero-order valence-corrected chi connectivity index (χ0v) is 35.6. The molecule has 0 radical (unpaired) electrons. The fraction of sp³-hybridized carbons (Fsp3) is 0.333. The summed E-state index contributed by atoms with van der Waals surface area (Å²) in [5.74, 6) is -12.7. The number of hydrogen-bond acceptors (Lipinski definition) is 23. The number of aliphatic hydroxyl groups excluding tert-OH is 5. The molecule has 69 heavy (non-hydrogen) atoms. The lowest BCUT2D eigenvalue weighted by Crippen LogP contribution is -3.00. The monoisotopic (exact) mass is 996 g/mol. The van der Waals surface area contributed by atoms with E-state index in [4.69, 9.17) is 47.8 Å². The lowest BCUT2D eigenvalue weighted by Gasteiger charge is -2.41. The van der Waals surface area contributed by atoms with Crippen LogP contribution in [0.25, 0.3) is 28.4 Å². The number of aromatic hydroxyl groups is 6. The smallest absolute Gasteiger partial charge is 0.402 e. The van der Waals surface area contributed by atoms with Gasteiger partial charge in [-0.1, -0.05) is 6.07 Å². The third-order valence-corrected chi connectivity index (χ3v) is 10.00. The number of hydrogen-bond donors (Lipinski definition) is 13. The Morgan fingerprint density at radius 3 is 1.86 bits per heavy atom. The molecule has 2 fully saturated rings. The molecular formula is C42H41ClO26. The van der Waals surface area contributed by atoms with Crippen LogP contribution in [0.4, 0.5) is 0 Å². The zero-order chi connectivity index (χ0) is 49.7. The number of carboxylic acid groups (broad SMARTS) is 2. The molecule has 0 saturated carbocycles. The first-order valence-corrected chi connectivity index (χ1v) is 19.7. The minimum Gasteiger partial charge on any atom is -1.00 e. The molecule has 2 saturated heterocycles. The Morgan fingerprint density at radius 1 is 0.623 bits per heavy atom. The first-order valence-electron chi connectivity index (χ1n) is 19.7. The van der Waals surface area contributed by atoms with Crippen molar-refractivity contribution in [1.82, 2.24) is 0 Å². The van der Waals surface area contributed by atoms with Gasteiger partial charge in [0.25, 0.3) is 0 Å². The molecule has 26 nitrogen and oxygen atoms in total. The predicted octanol–water partition coefficient (Wildman–Crippen LogP) is -3.71. The lowest BCUT2D eigenvalue weighted by molar-refractivity contribution is -0.282. The Balaban J connectivity index is 0.00000888. The summed E-state index contributed by atoms with van der Waals surface area (Å²) in [5.41, 5.74) is -0.314. The second-order valence-electron chi connectivity index (χ2n) is 14.9. The largest absolute Gasteiger partial charge is 1.00 e. The van der Waals surface area contributed by atoms with E-state index < -0.39 is 169 Å². The van der Waals surface area contributed by atoms with Crippen LogP contribution in [0, 0.1) is 0 Å². The summed E-state index contributed by atoms with van der Waals surface area (Å²) in [5, 5.41) is 133. The topological polar surface area (TPSA) is 424 Å². The lowest BCUT2D eigenvalue weighted by atomic mass is 9.98. The zero-order valence-electron chi connectivity index (χ0n) is 34.9. The number of phenolic OH excluding ortho intramolecular Hbond substituents is 6. The Labute approximate surface area is 391 Å². The Hall–Kier alpha value is -7.43. The van der Waals surface area contributed by atoms with E-state index in [-0.39, 0.29) is 34.5 Å². The van der Waals surface area contributed by atoms with Gasteiger partial charge in [-0.15, -0.1) is 0 Å². The first-order chi connectivity index (χ1) is 32.1. The van der Waals surface area contributed by atoms with E-state index >= 15 is 0 Å². The van der Waals surface area contributed by atoms with Crippen molar-refractivity contribution < 1.29 is 140 Å². The number of aliphatic hydroxyl groups is 5. The average molecular weight is 997 g/mol. The summed E-state index contributed by atoms with van der Waals surface area (Å²) < 4.78 is 44.3. The molecule has 0 bridgehead atoms. The molecule has 13 N–H and O–H groups in total. The van der Waals surface area contributed by atoms with Gasteiger partial charge in [0.05, 0.1) is 11.6 Å². The molecule has 2 aliphatic rings. The quantitative estimate of drug-likeness (QED) is 0.0128. The van der Waals surface area contributed by atoms with Gasteiger partial charge in [0.2, 0.25) is 18.3 Å². The molecule has 0 spiro atoms. The van der Waals surface area contributed by atoms with Crippen LogP contribution < -0.4 is 21.9 Å². The van der Waals surface area contributed by atoms with Gasteiger partial charge in [0.15, 0.2) is 34.9 Å². The molecular weight excluding hydrogens is 956 g/mol. The third-order valence-electron chi connectivity index (χ3n) is 10.00. The van der Waals surface area contributed by atoms with Gasteiger partial charge in [0, 0.05) is 30.3 Å². The maximum atomic E-state index is 12.6. The van der Waals surface area contributed by atoms with Crippen molar-refractivity contribution in [2.24, 2.45) is 0 Å². The number of aliphatic carboxylic acids is 2. The molecule has 0 unspecified atom stereocenters. The van der Waals surface area contributed by atoms with Crippen LogP contribution in [-0.2, 0) is 47.7 Å². The Bertz CT molecular complexity index is 2580. The number of benzene rings is 3. The molecule has 1 aromatic heterocycles. The molecule has 27 heteroatoms. The summed E-state index contributed by atoms with van der Waals surface area (Å²) in [6, 6.07) is 8.42. The van der Waals surface area contributed by atoms with Crippen LogP contribution in [0.3, 0.4) is 0 Å². The molecule has 372 valence electrons. The molecule has 6 rings (SSSR count). The number of ether oxygens (including phenoxy) is 7. The van der Waals surface area contributed by atoms with E-state index in [0.29, 0.717) is 0 Å². The molecule has 0 amide bonds. The highest BCUT2D eigenvalue weighted by molar-refractivity contribution is 5.91. The second kappa shape index (κ2) is 22.1. The number of fused-ring (bicyclic) bond motifs is 1. The standard InChI is InChI=1S/C42H40O26.ClH/c43-17-8-23-18(24(9-17)64-42-38(60)36(58)40(68-32(54)12-29(50)51)27(67-42)14-62-31(53)11-28(48)49)10-25(39(63-23)16-6-21(46)33(55)22(47)7-16)65-41-37(59)35(57)34(56)26(66-41)13-61-30(52)4-2-15-1-3-19(44)20(45)5-15;/h1-10,26-27,34-38,40-42,56-60H,11-14H2,(H7-,43,44,45,46,47,48,49,50,51,52,55);1H/t26-,27-,34-,35+,36-,37-,38-,40-,41-,42-;/m1./s1. The highest BCUT2D eigenvalue weighted by Crippen LogP contribution is 2.45. The van der Waals surface area contributed by atoms with Gasteiger partial charge in [-0.2, -0.15) is 0 Å². The molecule has 0 aliphatic carbocycles. The van der Waals surface area contributed by atoms with Gasteiger partial charge in [-0.3, -0.25) is 19.2 Å². The number of carboxylic acids is 2. The summed E-state index contributed by atoms with van der Waals surface area (Å²) in [7, 11) is 0. The van der Waals surface area contributed by atoms with Crippen LogP contribution in [-0.4, -0.2) is 171 Å². The van der Waals surface area contributed by atoms with E-state index in [1.54, 1.807) is 0 Å². The first kappa shape index (κ1) is 52.5. The molecule has 4 aromatic rings. The minimum atomic E-state index is -2.20. The number of rotatable bonds is 16. The fourth-order valence-corrected chi connectivity index (χ4v) is 6.66.